The molecule has 4 rings (SSSR count). The van der Waals surface area contributed by atoms with E-state index in [9.17, 15) is 0 Å². The van der Waals surface area contributed by atoms with E-state index in [4.69, 9.17) is 14.2 Å². The van der Waals surface area contributed by atoms with Crippen LogP contribution in [0.5, 0.6) is 6.01 Å². The molecule has 1 spiro atoms. The molecule has 24 heavy (non-hydrogen) atoms. The SMILES string of the molecule is c1cnc(OC2CCN(C3CCOC4(CCOCC4)C3)CC2)nc1. The second kappa shape index (κ2) is 7.33. The molecular formula is C18H27N3O3. The molecule has 1 unspecified atom stereocenters. The van der Waals surface area contributed by atoms with Crippen molar-refractivity contribution in [3.8, 4) is 6.01 Å². The van der Waals surface area contributed by atoms with Crippen molar-refractivity contribution in [2.75, 3.05) is 32.9 Å². The van der Waals surface area contributed by atoms with E-state index < -0.39 is 0 Å². The first kappa shape index (κ1) is 16.2. The minimum absolute atomic E-state index is 0.0758. The Morgan fingerprint density at radius 2 is 1.79 bits per heavy atom. The van der Waals surface area contributed by atoms with Gasteiger partial charge in [-0.2, -0.15) is 0 Å². The van der Waals surface area contributed by atoms with Crippen molar-refractivity contribution in [3.05, 3.63) is 18.5 Å². The van der Waals surface area contributed by atoms with Crippen molar-refractivity contribution in [1.29, 1.82) is 0 Å². The van der Waals surface area contributed by atoms with Crippen LogP contribution >= 0.6 is 0 Å². The van der Waals surface area contributed by atoms with Crippen LogP contribution in [-0.2, 0) is 9.47 Å². The van der Waals surface area contributed by atoms with Gasteiger partial charge in [-0.05, 0) is 44.6 Å². The summed E-state index contributed by atoms with van der Waals surface area (Å²) in [5.41, 5.74) is 0.0758. The minimum atomic E-state index is 0.0758. The Morgan fingerprint density at radius 1 is 1.04 bits per heavy atom. The monoisotopic (exact) mass is 333 g/mol. The fraction of sp³-hybridized carbons (Fsp3) is 0.778. The molecule has 0 radical (unpaired) electrons. The third-order valence-electron chi connectivity index (χ3n) is 5.68. The lowest BCUT2D eigenvalue weighted by molar-refractivity contribution is -0.153. The molecule has 0 bridgehead atoms. The highest BCUT2D eigenvalue weighted by molar-refractivity contribution is 4.96. The number of ether oxygens (including phenoxy) is 3. The molecule has 6 nitrogen and oxygen atoms in total. The summed E-state index contributed by atoms with van der Waals surface area (Å²) < 4.78 is 17.6. The lowest BCUT2D eigenvalue weighted by Gasteiger charge is -2.47. The van der Waals surface area contributed by atoms with E-state index in [1.165, 1.54) is 0 Å². The largest absolute Gasteiger partial charge is 0.460 e. The summed E-state index contributed by atoms with van der Waals surface area (Å²) in [6.07, 6.45) is 10.2. The topological polar surface area (TPSA) is 56.7 Å². The second-order valence-electron chi connectivity index (χ2n) is 7.18. The summed E-state index contributed by atoms with van der Waals surface area (Å²) in [5, 5.41) is 0. The van der Waals surface area contributed by atoms with Gasteiger partial charge in [0.15, 0.2) is 0 Å². The Bertz CT molecular complexity index is 508. The van der Waals surface area contributed by atoms with Gasteiger partial charge < -0.3 is 14.2 Å². The summed E-state index contributed by atoms with van der Waals surface area (Å²) in [4.78, 5) is 11.0. The maximum absolute atomic E-state index is 6.18. The normalized spacial score (nSPS) is 28.8. The van der Waals surface area contributed by atoms with Crippen molar-refractivity contribution < 1.29 is 14.2 Å². The maximum Gasteiger partial charge on any atom is 0.316 e. The second-order valence-corrected chi connectivity index (χ2v) is 7.18. The van der Waals surface area contributed by atoms with Crippen molar-refractivity contribution in [2.45, 2.75) is 56.3 Å². The van der Waals surface area contributed by atoms with Crippen LogP contribution in [0.3, 0.4) is 0 Å². The zero-order valence-electron chi connectivity index (χ0n) is 14.2. The van der Waals surface area contributed by atoms with Gasteiger partial charge in [-0.15, -0.1) is 0 Å². The number of likely N-dealkylation sites (tertiary alicyclic amines) is 1. The Kier molecular flexibility index (Phi) is 4.96. The van der Waals surface area contributed by atoms with E-state index in [1.807, 2.05) is 6.07 Å². The first-order valence-electron chi connectivity index (χ1n) is 9.22. The quantitative estimate of drug-likeness (QED) is 0.844. The lowest BCUT2D eigenvalue weighted by Crippen LogP contribution is -2.53. The van der Waals surface area contributed by atoms with Gasteiger partial charge in [0.2, 0.25) is 0 Å². The van der Waals surface area contributed by atoms with Crippen LogP contribution in [0.4, 0.5) is 0 Å². The Balaban J connectivity index is 1.29. The fourth-order valence-electron chi connectivity index (χ4n) is 4.26. The first-order valence-corrected chi connectivity index (χ1v) is 9.22. The summed E-state index contributed by atoms with van der Waals surface area (Å²) >= 11 is 0. The van der Waals surface area contributed by atoms with Gasteiger partial charge in [0, 0.05) is 51.3 Å². The van der Waals surface area contributed by atoms with E-state index in [-0.39, 0.29) is 11.7 Å². The molecule has 0 N–H and O–H groups in total. The highest BCUT2D eigenvalue weighted by Gasteiger charge is 2.41. The smallest absolute Gasteiger partial charge is 0.316 e. The van der Waals surface area contributed by atoms with Crippen LogP contribution < -0.4 is 4.74 Å². The average Bonchev–Trinajstić information content (AvgIpc) is 2.64. The Hall–Kier alpha value is -1.24. The number of hydrogen-bond acceptors (Lipinski definition) is 6. The number of aromatic nitrogens is 2. The minimum Gasteiger partial charge on any atom is -0.460 e. The van der Waals surface area contributed by atoms with Crippen LogP contribution in [0.2, 0.25) is 0 Å². The summed E-state index contributed by atoms with van der Waals surface area (Å²) in [7, 11) is 0. The molecule has 1 atom stereocenters. The van der Waals surface area contributed by atoms with Crippen LogP contribution in [0, 0.1) is 0 Å². The predicted octanol–water partition coefficient (Wildman–Crippen LogP) is 2.05. The Morgan fingerprint density at radius 3 is 2.54 bits per heavy atom. The van der Waals surface area contributed by atoms with Gasteiger partial charge in [-0.25, -0.2) is 9.97 Å². The standard InChI is InChI=1S/C18H27N3O3/c1-7-19-17(20-8-1)24-16-2-9-21(10-3-16)15-4-11-23-18(14-15)5-12-22-13-6-18/h1,7-8,15-16H,2-6,9-14H2. The first-order chi connectivity index (χ1) is 11.8. The van der Waals surface area contributed by atoms with Crippen molar-refractivity contribution in [2.24, 2.45) is 0 Å². The summed E-state index contributed by atoms with van der Waals surface area (Å²) in [5.74, 6) is 0. The Labute approximate surface area is 143 Å². The summed E-state index contributed by atoms with van der Waals surface area (Å²) in [6.45, 7) is 4.77. The summed E-state index contributed by atoms with van der Waals surface area (Å²) in [6, 6.07) is 2.96. The van der Waals surface area contributed by atoms with E-state index in [2.05, 4.69) is 14.9 Å². The number of piperidine rings is 1. The van der Waals surface area contributed by atoms with Crippen molar-refractivity contribution in [1.82, 2.24) is 14.9 Å². The van der Waals surface area contributed by atoms with Crippen LogP contribution in [0.25, 0.3) is 0 Å². The van der Waals surface area contributed by atoms with Gasteiger partial charge in [-0.3, -0.25) is 4.90 Å². The molecule has 3 fully saturated rings. The molecule has 132 valence electrons. The van der Waals surface area contributed by atoms with Gasteiger partial charge in [0.25, 0.3) is 0 Å². The molecule has 3 aliphatic heterocycles. The zero-order chi connectivity index (χ0) is 16.2. The highest BCUT2D eigenvalue weighted by atomic mass is 16.5. The van der Waals surface area contributed by atoms with Crippen molar-refractivity contribution >= 4 is 0 Å². The van der Waals surface area contributed by atoms with Gasteiger partial charge in [0.1, 0.15) is 6.10 Å². The molecule has 0 aromatic carbocycles. The van der Waals surface area contributed by atoms with E-state index in [1.54, 1.807) is 12.4 Å². The predicted molar refractivity (Wildman–Crippen MR) is 89.0 cm³/mol. The average molecular weight is 333 g/mol. The molecule has 1 aromatic rings. The molecule has 1 aromatic heterocycles. The maximum atomic E-state index is 6.18. The van der Waals surface area contributed by atoms with E-state index in [0.717, 1.165) is 71.4 Å². The fourth-order valence-corrected chi connectivity index (χ4v) is 4.26. The molecule has 6 heteroatoms. The third-order valence-corrected chi connectivity index (χ3v) is 5.68. The van der Waals surface area contributed by atoms with E-state index in [0.29, 0.717) is 12.1 Å². The number of hydrogen-bond donors (Lipinski definition) is 0. The third kappa shape index (κ3) is 3.71. The number of nitrogens with zero attached hydrogens (tertiary/aromatic N) is 3. The number of rotatable bonds is 3. The van der Waals surface area contributed by atoms with Gasteiger partial charge >= 0.3 is 6.01 Å². The molecule has 0 aliphatic carbocycles. The van der Waals surface area contributed by atoms with Crippen molar-refractivity contribution in [3.63, 3.8) is 0 Å². The van der Waals surface area contributed by atoms with Gasteiger partial charge in [-0.1, -0.05) is 0 Å². The molecule has 0 saturated carbocycles. The molecule has 4 heterocycles. The zero-order valence-corrected chi connectivity index (χ0v) is 14.2. The molecule has 3 aliphatic rings. The molecular weight excluding hydrogens is 306 g/mol. The highest BCUT2D eigenvalue weighted by Crippen LogP contribution is 2.36. The van der Waals surface area contributed by atoms with Crippen LogP contribution in [-0.4, -0.2) is 65.5 Å². The molecule has 3 saturated heterocycles. The van der Waals surface area contributed by atoms with Crippen LogP contribution in [0.15, 0.2) is 18.5 Å². The van der Waals surface area contributed by atoms with Crippen LogP contribution in [0.1, 0.15) is 38.5 Å². The lowest BCUT2D eigenvalue weighted by atomic mass is 9.83. The van der Waals surface area contributed by atoms with E-state index >= 15 is 0 Å². The van der Waals surface area contributed by atoms with Gasteiger partial charge in [0.05, 0.1) is 5.60 Å². The molecule has 0 amide bonds.